The van der Waals surface area contributed by atoms with E-state index in [1.165, 1.54) is 0 Å². The molecule has 0 aromatic heterocycles. The molecule has 0 aliphatic carbocycles. The second-order valence-electron chi connectivity index (χ2n) is 5.76. The van der Waals surface area contributed by atoms with Crippen molar-refractivity contribution in [1.29, 1.82) is 0 Å². The van der Waals surface area contributed by atoms with E-state index in [0.717, 1.165) is 32.5 Å². The predicted molar refractivity (Wildman–Crippen MR) is 72.1 cm³/mol. The standard InChI is InChI=1S/C13H27N3O2/c1-10-8-16(9-11(2)18-10)7-5-4-6-13(3,15)12(14)17/h10-11H,4-9,15H2,1-3H3,(H2,14,17). The minimum absolute atomic E-state index is 0.305. The summed E-state index contributed by atoms with van der Waals surface area (Å²) in [6.07, 6.45) is 3.23. The largest absolute Gasteiger partial charge is 0.373 e. The number of nitrogens with zero attached hydrogens (tertiary/aromatic N) is 1. The highest BCUT2D eigenvalue weighted by atomic mass is 16.5. The lowest BCUT2D eigenvalue weighted by atomic mass is 9.95. The third-order valence-electron chi connectivity index (χ3n) is 3.48. The number of nitrogens with two attached hydrogens (primary N) is 2. The summed E-state index contributed by atoms with van der Waals surface area (Å²) in [5, 5.41) is 0. The molecule has 0 aromatic carbocycles. The highest BCUT2D eigenvalue weighted by Gasteiger charge is 2.25. The van der Waals surface area contributed by atoms with Crippen LogP contribution in [-0.2, 0) is 9.53 Å². The Bertz CT molecular complexity index is 271. The zero-order valence-corrected chi connectivity index (χ0v) is 11.8. The van der Waals surface area contributed by atoms with Crippen molar-refractivity contribution < 1.29 is 9.53 Å². The minimum atomic E-state index is -0.869. The second kappa shape index (κ2) is 6.50. The summed E-state index contributed by atoms with van der Waals surface area (Å²) in [5.41, 5.74) is 10.2. The van der Waals surface area contributed by atoms with Crippen molar-refractivity contribution >= 4 is 5.91 Å². The molecule has 0 aromatic rings. The van der Waals surface area contributed by atoms with E-state index in [1.54, 1.807) is 6.92 Å². The topological polar surface area (TPSA) is 81.6 Å². The molecule has 0 bridgehead atoms. The van der Waals surface area contributed by atoms with Crippen LogP contribution in [0.4, 0.5) is 0 Å². The lowest BCUT2D eigenvalue weighted by Gasteiger charge is -2.35. The zero-order valence-electron chi connectivity index (χ0n) is 11.8. The molecule has 1 fully saturated rings. The summed E-state index contributed by atoms with van der Waals surface area (Å²) in [5.74, 6) is -0.420. The number of primary amides is 1. The lowest BCUT2D eigenvalue weighted by molar-refractivity contribution is -0.122. The van der Waals surface area contributed by atoms with Crippen LogP contribution in [0.15, 0.2) is 0 Å². The molecule has 0 spiro atoms. The summed E-state index contributed by atoms with van der Waals surface area (Å²) in [4.78, 5) is 13.5. The monoisotopic (exact) mass is 257 g/mol. The zero-order chi connectivity index (χ0) is 13.8. The van der Waals surface area contributed by atoms with Crippen LogP contribution in [0.5, 0.6) is 0 Å². The molecule has 1 saturated heterocycles. The van der Waals surface area contributed by atoms with Gasteiger partial charge in [0.05, 0.1) is 17.7 Å². The predicted octanol–water partition coefficient (Wildman–Crippen LogP) is 0.469. The average Bonchev–Trinajstić information content (AvgIpc) is 2.23. The Kier molecular flexibility index (Phi) is 5.56. The van der Waals surface area contributed by atoms with Crippen molar-refractivity contribution in [2.24, 2.45) is 11.5 Å². The molecule has 1 aliphatic rings. The van der Waals surface area contributed by atoms with E-state index >= 15 is 0 Å². The number of hydrogen-bond donors (Lipinski definition) is 2. The van der Waals surface area contributed by atoms with Gasteiger partial charge in [-0.15, -0.1) is 0 Å². The molecule has 106 valence electrons. The summed E-state index contributed by atoms with van der Waals surface area (Å²) in [6.45, 7) is 8.92. The molecule has 1 aliphatic heterocycles. The van der Waals surface area contributed by atoms with Crippen LogP contribution in [0.25, 0.3) is 0 Å². The molecule has 5 nitrogen and oxygen atoms in total. The van der Waals surface area contributed by atoms with Gasteiger partial charge in [0, 0.05) is 13.1 Å². The molecular formula is C13H27N3O2. The maximum absolute atomic E-state index is 11.1. The molecule has 0 saturated carbocycles. The first-order chi connectivity index (χ1) is 8.31. The van der Waals surface area contributed by atoms with Crippen LogP contribution in [0.2, 0.25) is 0 Å². The first-order valence-electron chi connectivity index (χ1n) is 6.78. The maximum atomic E-state index is 11.1. The number of morpholine rings is 1. The van der Waals surface area contributed by atoms with Gasteiger partial charge in [-0.05, 0) is 46.6 Å². The fraction of sp³-hybridized carbons (Fsp3) is 0.923. The molecule has 18 heavy (non-hydrogen) atoms. The molecule has 3 atom stereocenters. The number of unbranched alkanes of at least 4 members (excludes halogenated alkanes) is 1. The van der Waals surface area contributed by atoms with Gasteiger partial charge in [-0.3, -0.25) is 9.69 Å². The first-order valence-corrected chi connectivity index (χ1v) is 6.78. The van der Waals surface area contributed by atoms with Crippen molar-refractivity contribution in [1.82, 2.24) is 4.90 Å². The average molecular weight is 257 g/mol. The maximum Gasteiger partial charge on any atom is 0.237 e. The van der Waals surface area contributed by atoms with E-state index in [4.69, 9.17) is 16.2 Å². The Morgan fingerprint density at radius 3 is 2.39 bits per heavy atom. The van der Waals surface area contributed by atoms with Gasteiger partial charge in [-0.2, -0.15) is 0 Å². The molecule has 3 unspecified atom stereocenters. The highest BCUT2D eigenvalue weighted by Crippen LogP contribution is 2.14. The fourth-order valence-electron chi connectivity index (χ4n) is 2.42. The van der Waals surface area contributed by atoms with Crippen molar-refractivity contribution in [2.45, 2.75) is 57.8 Å². The summed E-state index contributed by atoms with van der Waals surface area (Å²) < 4.78 is 5.69. The quantitative estimate of drug-likeness (QED) is 0.678. The minimum Gasteiger partial charge on any atom is -0.373 e. The van der Waals surface area contributed by atoms with Crippen LogP contribution in [-0.4, -0.2) is 48.2 Å². The van der Waals surface area contributed by atoms with Gasteiger partial charge in [0.25, 0.3) is 0 Å². The summed E-state index contributed by atoms with van der Waals surface area (Å²) in [6, 6.07) is 0. The van der Waals surface area contributed by atoms with Crippen LogP contribution in [0.1, 0.15) is 40.0 Å². The summed E-state index contributed by atoms with van der Waals surface area (Å²) >= 11 is 0. The molecular weight excluding hydrogens is 230 g/mol. The van der Waals surface area contributed by atoms with Crippen LogP contribution in [0, 0.1) is 0 Å². The third-order valence-corrected chi connectivity index (χ3v) is 3.48. The first kappa shape index (κ1) is 15.4. The van der Waals surface area contributed by atoms with Gasteiger partial charge in [-0.25, -0.2) is 0 Å². The molecule has 5 heteroatoms. The SMILES string of the molecule is CC1CN(CCCCC(C)(N)C(N)=O)CC(C)O1. The number of hydrogen-bond acceptors (Lipinski definition) is 4. The number of ether oxygens (including phenoxy) is 1. The van der Waals surface area contributed by atoms with Crippen LogP contribution < -0.4 is 11.5 Å². The van der Waals surface area contributed by atoms with E-state index in [2.05, 4.69) is 18.7 Å². The highest BCUT2D eigenvalue weighted by molar-refractivity contribution is 5.83. The van der Waals surface area contributed by atoms with E-state index in [9.17, 15) is 4.79 Å². The van der Waals surface area contributed by atoms with Gasteiger partial charge in [0.1, 0.15) is 0 Å². The third kappa shape index (κ3) is 4.92. The van der Waals surface area contributed by atoms with E-state index in [1.807, 2.05) is 0 Å². The van der Waals surface area contributed by atoms with E-state index in [0.29, 0.717) is 18.6 Å². The Hall–Kier alpha value is -0.650. The lowest BCUT2D eigenvalue weighted by Crippen LogP contribution is -2.49. The van der Waals surface area contributed by atoms with E-state index < -0.39 is 11.4 Å². The molecule has 1 heterocycles. The Morgan fingerprint density at radius 1 is 1.33 bits per heavy atom. The molecule has 0 radical (unpaired) electrons. The number of carbonyl (C=O) groups is 1. The number of amides is 1. The molecule has 1 amide bonds. The Morgan fingerprint density at radius 2 is 1.89 bits per heavy atom. The van der Waals surface area contributed by atoms with Crippen LogP contribution in [0.3, 0.4) is 0 Å². The van der Waals surface area contributed by atoms with Gasteiger partial charge >= 0.3 is 0 Å². The smallest absolute Gasteiger partial charge is 0.237 e. The van der Waals surface area contributed by atoms with Crippen LogP contribution >= 0.6 is 0 Å². The van der Waals surface area contributed by atoms with Crippen molar-refractivity contribution in [3.05, 3.63) is 0 Å². The normalized spacial score (nSPS) is 28.9. The van der Waals surface area contributed by atoms with Crippen molar-refractivity contribution in [3.63, 3.8) is 0 Å². The number of carbonyl (C=O) groups excluding carboxylic acids is 1. The van der Waals surface area contributed by atoms with Gasteiger partial charge < -0.3 is 16.2 Å². The molecule has 1 rings (SSSR count). The van der Waals surface area contributed by atoms with Crippen molar-refractivity contribution in [2.75, 3.05) is 19.6 Å². The molecule has 4 N–H and O–H groups in total. The summed E-state index contributed by atoms with van der Waals surface area (Å²) in [7, 11) is 0. The second-order valence-corrected chi connectivity index (χ2v) is 5.76. The number of rotatable bonds is 6. The van der Waals surface area contributed by atoms with Crippen molar-refractivity contribution in [3.8, 4) is 0 Å². The van der Waals surface area contributed by atoms with Gasteiger partial charge in [-0.1, -0.05) is 0 Å². The van der Waals surface area contributed by atoms with E-state index in [-0.39, 0.29) is 0 Å². The Labute approximate surface area is 110 Å². The fourth-order valence-corrected chi connectivity index (χ4v) is 2.42. The van der Waals surface area contributed by atoms with Gasteiger partial charge in [0.15, 0.2) is 0 Å². The Balaban J connectivity index is 2.20. The van der Waals surface area contributed by atoms with Gasteiger partial charge in [0.2, 0.25) is 5.91 Å².